The summed E-state index contributed by atoms with van der Waals surface area (Å²) in [6.45, 7) is 4.19. The van der Waals surface area contributed by atoms with Crippen LogP contribution in [0.5, 0.6) is 0 Å². The van der Waals surface area contributed by atoms with Gasteiger partial charge in [-0.25, -0.2) is 14.2 Å². The molecule has 1 aromatic carbocycles. The van der Waals surface area contributed by atoms with Gasteiger partial charge < -0.3 is 5.11 Å². The number of benzene rings is 1. The number of carboxylic acid groups (broad SMARTS) is 1. The third kappa shape index (κ3) is 5.31. The van der Waals surface area contributed by atoms with Gasteiger partial charge in [-0.15, -0.1) is 0 Å². The van der Waals surface area contributed by atoms with Crippen molar-refractivity contribution < 1.29 is 14.3 Å². The van der Waals surface area contributed by atoms with Crippen LogP contribution in [-0.2, 0) is 6.54 Å². The van der Waals surface area contributed by atoms with E-state index in [9.17, 15) is 9.18 Å². The molecule has 0 aliphatic rings. The minimum absolute atomic E-state index is 0.193. The van der Waals surface area contributed by atoms with Crippen LogP contribution in [-0.4, -0.2) is 23.3 Å². The monoisotopic (exact) mass is 228 g/mol. The number of carbonyl (C=O) groups is 1. The van der Waals surface area contributed by atoms with E-state index in [1.54, 1.807) is 18.2 Å². The summed E-state index contributed by atoms with van der Waals surface area (Å²) >= 11 is 0. The Balaban J connectivity index is 0.00000106. The molecule has 0 bridgehead atoms. The Morgan fingerprint density at radius 1 is 1.44 bits per heavy atom. The molecule has 5 heteroatoms. The standard InChI is InChI=1S/C9H11FN2O2.C2H6/c1-12(11-9(13)14)6-7-4-2-3-5-8(7)10;1-2/h2-5,11H,6H2,1H3,(H,13,14);1-2H3. The van der Waals surface area contributed by atoms with Gasteiger partial charge in [0.2, 0.25) is 0 Å². The van der Waals surface area contributed by atoms with E-state index >= 15 is 0 Å². The molecular formula is C11H17FN2O2. The number of nitrogens with zero attached hydrogens (tertiary/aromatic N) is 1. The summed E-state index contributed by atoms with van der Waals surface area (Å²) in [4.78, 5) is 10.2. The first-order valence-corrected chi connectivity index (χ1v) is 5.03. The summed E-state index contributed by atoms with van der Waals surface area (Å²) in [5.41, 5.74) is 2.55. The maximum absolute atomic E-state index is 13.1. The van der Waals surface area contributed by atoms with Gasteiger partial charge in [-0.2, -0.15) is 0 Å². The van der Waals surface area contributed by atoms with Crippen molar-refractivity contribution >= 4 is 6.09 Å². The van der Waals surface area contributed by atoms with E-state index in [4.69, 9.17) is 5.11 Å². The normalized spacial score (nSPS) is 9.31. The average Bonchev–Trinajstić information content (AvgIpc) is 2.23. The Labute approximate surface area is 94.7 Å². The Morgan fingerprint density at radius 3 is 2.50 bits per heavy atom. The third-order valence-corrected chi connectivity index (χ3v) is 1.65. The molecule has 0 saturated heterocycles. The van der Waals surface area contributed by atoms with E-state index in [-0.39, 0.29) is 12.4 Å². The van der Waals surface area contributed by atoms with Crippen LogP contribution >= 0.6 is 0 Å². The summed E-state index contributed by atoms with van der Waals surface area (Å²) < 4.78 is 13.1. The largest absolute Gasteiger partial charge is 0.464 e. The first kappa shape index (κ1) is 14.4. The van der Waals surface area contributed by atoms with Gasteiger partial charge in [0, 0.05) is 19.2 Å². The highest BCUT2D eigenvalue weighted by molar-refractivity contribution is 5.63. The van der Waals surface area contributed by atoms with Crippen molar-refractivity contribution in [2.24, 2.45) is 0 Å². The molecule has 1 rings (SSSR count). The van der Waals surface area contributed by atoms with Gasteiger partial charge in [0.15, 0.2) is 0 Å². The van der Waals surface area contributed by atoms with Crippen molar-refractivity contribution in [3.8, 4) is 0 Å². The van der Waals surface area contributed by atoms with Crippen molar-refractivity contribution in [1.29, 1.82) is 0 Å². The average molecular weight is 228 g/mol. The second-order valence-corrected chi connectivity index (χ2v) is 2.86. The van der Waals surface area contributed by atoms with E-state index in [0.29, 0.717) is 5.56 Å². The van der Waals surface area contributed by atoms with Crippen LogP contribution in [0, 0.1) is 5.82 Å². The fourth-order valence-corrected chi connectivity index (χ4v) is 1.08. The fraction of sp³-hybridized carbons (Fsp3) is 0.364. The van der Waals surface area contributed by atoms with E-state index in [1.165, 1.54) is 18.1 Å². The summed E-state index contributed by atoms with van der Waals surface area (Å²) in [6.07, 6.45) is -1.16. The molecular weight excluding hydrogens is 211 g/mol. The molecule has 1 aromatic rings. The smallest absolute Gasteiger partial charge is 0.419 e. The zero-order valence-corrected chi connectivity index (χ0v) is 9.70. The quantitative estimate of drug-likeness (QED) is 0.781. The number of hydrogen-bond donors (Lipinski definition) is 2. The van der Waals surface area contributed by atoms with Crippen molar-refractivity contribution in [1.82, 2.24) is 10.4 Å². The number of amides is 1. The van der Waals surface area contributed by atoms with E-state index in [1.807, 2.05) is 13.8 Å². The molecule has 16 heavy (non-hydrogen) atoms. The second kappa shape index (κ2) is 7.64. The minimum atomic E-state index is -1.16. The van der Waals surface area contributed by atoms with Gasteiger partial charge in [-0.3, -0.25) is 5.43 Å². The third-order valence-electron chi connectivity index (χ3n) is 1.65. The zero-order valence-electron chi connectivity index (χ0n) is 9.70. The SMILES string of the molecule is CC.CN(Cc1ccccc1F)NC(=O)O. The molecule has 0 aliphatic carbocycles. The fourth-order valence-electron chi connectivity index (χ4n) is 1.08. The van der Waals surface area contributed by atoms with Gasteiger partial charge in [0.25, 0.3) is 0 Å². The molecule has 2 N–H and O–H groups in total. The van der Waals surface area contributed by atoms with Crippen LogP contribution in [0.2, 0.25) is 0 Å². The molecule has 90 valence electrons. The molecule has 0 atom stereocenters. The highest BCUT2D eigenvalue weighted by Crippen LogP contribution is 2.07. The first-order valence-electron chi connectivity index (χ1n) is 5.03. The van der Waals surface area contributed by atoms with E-state index in [2.05, 4.69) is 5.43 Å². The van der Waals surface area contributed by atoms with Gasteiger partial charge in [0.05, 0.1) is 0 Å². The highest BCUT2D eigenvalue weighted by Gasteiger charge is 2.06. The van der Waals surface area contributed by atoms with Crippen LogP contribution in [0.3, 0.4) is 0 Å². The predicted octanol–water partition coefficient (Wildman–Crippen LogP) is 2.47. The number of hydrazine groups is 1. The number of halogens is 1. The predicted molar refractivity (Wildman–Crippen MR) is 60.4 cm³/mol. The Bertz CT molecular complexity index is 332. The summed E-state index contributed by atoms with van der Waals surface area (Å²) in [6, 6.07) is 6.23. The maximum Gasteiger partial charge on any atom is 0.419 e. The number of nitrogens with one attached hydrogen (secondary N) is 1. The van der Waals surface area contributed by atoms with Crippen molar-refractivity contribution in [3.63, 3.8) is 0 Å². The lowest BCUT2D eigenvalue weighted by atomic mass is 10.2. The molecule has 0 fully saturated rings. The van der Waals surface area contributed by atoms with Crippen LogP contribution in [0.25, 0.3) is 0 Å². The number of hydrogen-bond acceptors (Lipinski definition) is 2. The highest BCUT2D eigenvalue weighted by atomic mass is 19.1. The minimum Gasteiger partial charge on any atom is -0.464 e. The summed E-state index contributed by atoms with van der Waals surface area (Å²) in [5, 5.41) is 9.68. The molecule has 4 nitrogen and oxygen atoms in total. The first-order chi connectivity index (χ1) is 7.59. The lowest BCUT2D eigenvalue weighted by Gasteiger charge is -2.15. The van der Waals surface area contributed by atoms with E-state index in [0.717, 1.165) is 0 Å². The van der Waals surface area contributed by atoms with Crippen LogP contribution < -0.4 is 5.43 Å². The van der Waals surface area contributed by atoms with E-state index < -0.39 is 6.09 Å². The number of rotatable bonds is 3. The van der Waals surface area contributed by atoms with Crippen LogP contribution in [0.15, 0.2) is 24.3 Å². The topological polar surface area (TPSA) is 52.6 Å². The van der Waals surface area contributed by atoms with Crippen LogP contribution in [0.1, 0.15) is 19.4 Å². The molecule has 1 amide bonds. The lowest BCUT2D eigenvalue weighted by molar-refractivity contribution is 0.150. The summed E-state index contributed by atoms with van der Waals surface area (Å²) in [5.74, 6) is -0.341. The van der Waals surface area contributed by atoms with Crippen molar-refractivity contribution in [3.05, 3.63) is 35.6 Å². The Kier molecular flexibility index (Phi) is 6.87. The summed E-state index contributed by atoms with van der Waals surface area (Å²) in [7, 11) is 1.53. The van der Waals surface area contributed by atoms with Gasteiger partial charge in [-0.05, 0) is 6.07 Å². The van der Waals surface area contributed by atoms with Gasteiger partial charge in [0.1, 0.15) is 5.82 Å². The lowest BCUT2D eigenvalue weighted by Crippen LogP contribution is -2.37. The maximum atomic E-state index is 13.1. The molecule has 0 saturated carbocycles. The zero-order chi connectivity index (χ0) is 12.6. The van der Waals surface area contributed by atoms with Crippen LogP contribution in [0.4, 0.5) is 9.18 Å². The molecule has 0 aliphatic heterocycles. The van der Waals surface area contributed by atoms with Crippen molar-refractivity contribution in [2.75, 3.05) is 7.05 Å². The second-order valence-electron chi connectivity index (χ2n) is 2.86. The van der Waals surface area contributed by atoms with Gasteiger partial charge in [-0.1, -0.05) is 32.0 Å². The molecule has 0 spiro atoms. The van der Waals surface area contributed by atoms with Crippen molar-refractivity contribution in [2.45, 2.75) is 20.4 Å². The Hall–Kier alpha value is -1.62. The molecule has 0 heterocycles. The van der Waals surface area contributed by atoms with Gasteiger partial charge >= 0.3 is 6.09 Å². The Morgan fingerprint density at radius 2 is 2.00 bits per heavy atom. The molecule has 0 unspecified atom stereocenters. The molecule has 0 aromatic heterocycles. The molecule has 0 radical (unpaired) electrons.